The summed E-state index contributed by atoms with van der Waals surface area (Å²) >= 11 is 0. The Morgan fingerprint density at radius 3 is 2.78 bits per heavy atom. The molecule has 1 fully saturated rings. The number of hydrogen-bond acceptors (Lipinski definition) is 4. The molecule has 4 N–H and O–H groups in total. The summed E-state index contributed by atoms with van der Waals surface area (Å²) in [7, 11) is 1.67. The van der Waals surface area contributed by atoms with Crippen LogP contribution in [0.2, 0.25) is 0 Å². The van der Waals surface area contributed by atoms with Gasteiger partial charge in [-0.1, -0.05) is 0 Å². The van der Waals surface area contributed by atoms with Crippen molar-refractivity contribution in [1.82, 2.24) is 4.98 Å². The van der Waals surface area contributed by atoms with E-state index >= 15 is 0 Å². The van der Waals surface area contributed by atoms with Crippen LogP contribution in [0.4, 0.5) is 11.4 Å². The average Bonchev–Trinajstić information content (AvgIpc) is 3.17. The second-order valence-corrected chi connectivity index (χ2v) is 6.92. The number of nitrogens with zero attached hydrogens (tertiary/aromatic N) is 1. The summed E-state index contributed by atoms with van der Waals surface area (Å²) in [6.07, 6.45) is 4.09. The molecule has 0 unspecified atom stereocenters. The Morgan fingerprint density at radius 1 is 1.22 bits per heavy atom. The summed E-state index contributed by atoms with van der Waals surface area (Å²) in [6, 6.07) is 14.2. The van der Waals surface area contributed by atoms with Crippen LogP contribution >= 0.6 is 0 Å². The number of ether oxygens (including phenoxy) is 1. The molecule has 2 aromatic carbocycles. The first kappa shape index (κ1) is 17.3. The molecule has 2 heterocycles. The van der Waals surface area contributed by atoms with Crippen LogP contribution in [0, 0.1) is 0 Å². The Bertz CT molecular complexity index is 948. The SMILES string of the molecule is COc1ccc(N[C@@H]2CCCN(c3ccc(C(N)=O)c4[nH]ccc34)C2)cc1. The maximum absolute atomic E-state index is 11.7. The molecule has 3 aromatic rings. The molecule has 4 rings (SSSR count). The van der Waals surface area contributed by atoms with E-state index in [9.17, 15) is 4.79 Å². The number of benzene rings is 2. The zero-order valence-corrected chi connectivity index (χ0v) is 15.4. The van der Waals surface area contributed by atoms with Crippen molar-refractivity contribution in [1.29, 1.82) is 0 Å². The van der Waals surface area contributed by atoms with Crippen LogP contribution in [0.25, 0.3) is 10.9 Å². The minimum atomic E-state index is -0.410. The number of fused-ring (bicyclic) bond motifs is 1. The lowest BCUT2D eigenvalue weighted by Gasteiger charge is -2.35. The van der Waals surface area contributed by atoms with E-state index in [1.807, 2.05) is 48.7 Å². The van der Waals surface area contributed by atoms with Crippen LogP contribution in [-0.2, 0) is 0 Å². The lowest BCUT2D eigenvalue weighted by Crippen LogP contribution is -2.42. The number of anilines is 2. The van der Waals surface area contributed by atoms with Gasteiger partial charge in [0, 0.05) is 42.1 Å². The summed E-state index contributed by atoms with van der Waals surface area (Å²) in [5.74, 6) is 0.446. The molecule has 1 atom stereocenters. The van der Waals surface area contributed by atoms with Crippen LogP contribution in [0.3, 0.4) is 0 Å². The van der Waals surface area contributed by atoms with Crippen molar-refractivity contribution in [3.63, 3.8) is 0 Å². The van der Waals surface area contributed by atoms with E-state index in [4.69, 9.17) is 10.5 Å². The standard InChI is InChI=1S/C21H24N4O2/c1-27-16-6-4-14(5-7-16)24-15-3-2-12-25(13-15)19-9-8-18(21(22)26)20-17(19)10-11-23-20/h4-11,15,23-24H,2-3,12-13H2,1H3,(H2,22,26)/t15-/m1/s1. The van der Waals surface area contributed by atoms with Crippen LogP contribution < -0.4 is 20.7 Å². The van der Waals surface area contributed by atoms with Crippen molar-refractivity contribution in [2.24, 2.45) is 5.73 Å². The summed E-state index contributed by atoms with van der Waals surface area (Å²) in [4.78, 5) is 17.2. The molecule has 0 saturated carbocycles. The van der Waals surface area contributed by atoms with Crippen LogP contribution in [0.1, 0.15) is 23.2 Å². The Morgan fingerprint density at radius 2 is 2.04 bits per heavy atom. The van der Waals surface area contributed by atoms with E-state index in [1.165, 1.54) is 0 Å². The van der Waals surface area contributed by atoms with E-state index in [2.05, 4.69) is 15.2 Å². The smallest absolute Gasteiger partial charge is 0.250 e. The Kier molecular flexibility index (Phi) is 4.62. The fraction of sp³-hybridized carbons (Fsp3) is 0.286. The predicted octanol–water partition coefficient (Wildman–Crippen LogP) is 3.36. The highest BCUT2D eigenvalue weighted by molar-refractivity contribution is 6.08. The zero-order valence-electron chi connectivity index (χ0n) is 15.4. The molecule has 0 bridgehead atoms. The summed E-state index contributed by atoms with van der Waals surface area (Å²) in [5, 5.41) is 4.66. The average molecular weight is 364 g/mol. The predicted molar refractivity (Wildman–Crippen MR) is 109 cm³/mol. The van der Waals surface area contributed by atoms with Crippen LogP contribution in [0.15, 0.2) is 48.7 Å². The topological polar surface area (TPSA) is 83.4 Å². The van der Waals surface area contributed by atoms with Crippen molar-refractivity contribution in [2.75, 3.05) is 30.4 Å². The molecule has 1 amide bonds. The van der Waals surface area contributed by atoms with Crippen LogP contribution in [0.5, 0.6) is 5.75 Å². The zero-order chi connectivity index (χ0) is 18.8. The van der Waals surface area contributed by atoms with Gasteiger partial charge in [-0.25, -0.2) is 0 Å². The number of aromatic amines is 1. The molecule has 0 radical (unpaired) electrons. The molecule has 1 saturated heterocycles. The van der Waals surface area contributed by atoms with Crippen molar-refractivity contribution in [3.05, 3.63) is 54.2 Å². The summed E-state index contributed by atoms with van der Waals surface area (Å²) < 4.78 is 5.22. The fourth-order valence-electron chi connectivity index (χ4n) is 3.86. The van der Waals surface area contributed by atoms with Gasteiger partial charge < -0.3 is 25.7 Å². The highest BCUT2D eigenvalue weighted by Gasteiger charge is 2.22. The van der Waals surface area contributed by atoms with E-state index in [0.717, 1.165) is 54.0 Å². The molecule has 1 aliphatic rings. The van der Waals surface area contributed by atoms with Gasteiger partial charge in [-0.2, -0.15) is 0 Å². The number of primary amides is 1. The van der Waals surface area contributed by atoms with Gasteiger partial charge in [-0.05, 0) is 55.3 Å². The van der Waals surface area contributed by atoms with E-state index in [-0.39, 0.29) is 0 Å². The van der Waals surface area contributed by atoms with Gasteiger partial charge in [0.1, 0.15) is 5.75 Å². The Balaban J connectivity index is 1.54. The Hall–Kier alpha value is -3.15. The number of piperidine rings is 1. The molecule has 1 aliphatic heterocycles. The first-order chi connectivity index (χ1) is 13.2. The highest BCUT2D eigenvalue weighted by Crippen LogP contribution is 2.31. The number of hydrogen-bond donors (Lipinski definition) is 3. The lowest BCUT2D eigenvalue weighted by atomic mass is 10.0. The number of methoxy groups -OCH3 is 1. The van der Waals surface area contributed by atoms with Crippen molar-refractivity contribution in [2.45, 2.75) is 18.9 Å². The van der Waals surface area contributed by atoms with Gasteiger partial charge >= 0.3 is 0 Å². The lowest BCUT2D eigenvalue weighted by molar-refractivity contribution is 0.100. The number of amides is 1. The van der Waals surface area contributed by atoms with Crippen LogP contribution in [-0.4, -0.2) is 37.1 Å². The maximum atomic E-state index is 11.7. The highest BCUT2D eigenvalue weighted by atomic mass is 16.5. The molecule has 0 aliphatic carbocycles. The third kappa shape index (κ3) is 3.43. The van der Waals surface area contributed by atoms with Crippen molar-refractivity contribution in [3.8, 4) is 5.75 Å². The second-order valence-electron chi connectivity index (χ2n) is 6.92. The van der Waals surface area contributed by atoms with Gasteiger partial charge in [0.05, 0.1) is 18.2 Å². The number of H-pyrrole nitrogens is 1. The van der Waals surface area contributed by atoms with E-state index < -0.39 is 5.91 Å². The van der Waals surface area contributed by atoms with Gasteiger partial charge in [0.15, 0.2) is 0 Å². The molecule has 140 valence electrons. The molecule has 6 nitrogen and oxygen atoms in total. The second kappa shape index (κ2) is 7.23. The minimum absolute atomic E-state index is 0.358. The van der Waals surface area contributed by atoms with Crippen molar-refractivity contribution >= 4 is 28.2 Å². The third-order valence-corrected chi connectivity index (χ3v) is 5.19. The first-order valence-corrected chi connectivity index (χ1v) is 9.21. The Labute approximate surface area is 158 Å². The number of carbonyl (C=O) groups is 1. The molecule has 1 aromatic heterocycles. The molecular formula is C21H24N4O2. The monoisotopic (exact) mass is 364 g/mol. The normalized spacial score (nSPS) is 17.1. The fourth-order valence-corrected chi connectivity index (χ4v) is 3.86. The van der Waals surface area contributed by atoms with Gasteiger partial charge in [0.2, 0.25) is 0 Å². The number of nitrogens with two attached hydrogens (primary N) is 1. The number of carbonyl (C=O) groups excluding carboxylic acids is 1. The minimum Gasteiger partial charge on any atom is -0.497 e. The molecule has 0 spiro atoms. The summed E-state index contributed by atoms with van der Waals surface area (Å²) in [6.45, 7) is 1.90. The molecule has 27 heavy (non-hydrogen) atoms. The third-order valence-electron chi connectivity index (χ3n) is 5.19. The van der Waals surface area contributed by atoms with Gasteiger partial charge in [0.25, 0.3) is 5.91 Å². The number of aromatic nitrogens is 1. The number of nitrogens with one attached hydrogen (secondary N) is 2. The van der Waals surface area contributed by atoms with E-state index in [1.54, 1.807) is 7.11 Å². The number of rotatable bonds is 5. The quantitative estimate of drug-likeness (QED) is 0.648. The van der Waals surface area contributed by atoms with Crippen molar-refractivity contribution < 1.29 is 9.53 Å². The largest absolute Gasteiger partial charge is 0.497 e. The molecular weight excluding hydrogens is 340 g/mol. The maximum Gasteiger partial charge on any atom is 0.250 e. The molecule has 6 heteroatoms. The first-order valence-electron chi connectivity index (χ1n) is 9.21. The van der Waals surface area contributed by atoms with Gasteiger partial charge in [-0.15, -0.1) is 0 Å². The summed E-state index contributed by atoms with van der Waals surface area (Å²) in [5.41, 5.74) is 9.08. The van der Waals surface area contributed by atoms with E-state index in [0.29, 0.717) is 11.6 Å². The van der Waals surface area contributed by atoms with Gasteiger partial charge in [-0.3, -0.25) is 4.79 Å².